The van der Waals surface area contributed by atoms with Crippen molar-refractivity contribution in [2.24, 2.45) is 0 Å². The fourth-order valence-electron chi connectivity index (χ4n) is 3.63. The van der Waals surface area contributed by atoms with Crippen LogP contribution in [0.4, 0.5) is 5.69 Å². The number of nitrogens with one attached hydrogen (secondary N) is 1. The number of nitrogens with zero attached hydrogens (tertiary/aromatic N) is 1. The van der Waals surface area contributed by atoms with Crippen molar-refractivity contribution in [2.75, 3.05) is 26.0 Å². The molecule has 1 aliphatic heterocycles. The summed E-state index contributed by atoms with van der Waals surface area (Å²) in [6.07, 6.45) is 5.53. The Morgan fingerprint density at radius 2 is 1.96 bits per heavy atom. The van der Waals surface area contributed by atoms with Crippen molar-refractivity contribution in [2.45, 2.75) is 44.1 Å². The van der Waals surface area contributed by atoms with Gasteiger partial charge in [-0.15, -0.1) is 0 Å². The second-order valence-electron chi connectivity index (χ2n) is 6.46. The topological polar surface area (TPSA) is 58.6 Å². The standard InChI is InChI=1S/C18H24N2O3/c1-20(12-6-4-3-5-7-12)18(22)17(21)15-11-19-16-10-13(23-2)8-9-14(15)16/h8-10,12,15,19H,3-7,11H2,1-2H3. The summed E-state index contributed by atoms with van der Waals surface area (Å²) in [7, 11) is 3.38. The zero-order valence-corrected chi connectivity index (χ0v) is 13.8. The highest BCUT2D eigenvalue weighted by Gasteiger charge is 2.36. The molecular formula is C18H24N2O3. The van der Waals surface area contributed by atoms with Gasteiger partial charge in [-0.1, -0.05) is 25.3 Å². The van der Waals surface area contributed by atoms with Crippen molar-refractivity contribution in [3.63, 3.8) is 0 Å². The molecule has 3 rings (SSSR count). The number of fused-ring (bicyclic) bond motifs is 1. The van der Waals surface area contributed by atoms with E-state index in [2.05, 4.69) is 5.32 Å². The van der Waals surface area contributed by atoms with Gasteiger partial charge in [0.25, 0.3) is 5.91 Å². The zero-order valence-electron chi connectivity index (χ0n) is 13.8. The van der Waals surface area contributed by atoms with E-state index in [1.54, 1.807) is 19.1 Å². The first-order valence-electron chi connectivity index (χ1n) is 8.34. The summed E-state index contributed by atoms with van der Waals surface area (Å²) in [6.45, 7) is 0.478. The van der Waals surface area contributed by atoms with Crippen molar-refractivity contribution in [3.05, 3.63) is 23.8 Å². The Labute approximate surface area is 137 Å². The second-order valence-corrected chi connectivity index (χ2v) is 6.46. The summed E-state index contributed by atoms with van der Waals surface area (Å²) in [5.74, 6) is -0.314. The molecule has 1 atom stereocenters. The number of carbonyl (C=O) groups excluding carboxylic acids is 2. The summed E-state index contributed by atoms with van der Waals surface area (Å²) < 4.78 is 5.20. The summed E-state index contributed by atoms with van der Waals surface area (Å²) in [4.78, 5) is 26.9. The van der Waals surface area contributed by atoms with Gasteiger partial charge in [0.2, 0.25) is 5.78 Å². The lowest BCUT2D eigenvalue weighted by Crippen LogP contribution is -2.43. The number of Topliss-reactive ketones (excluding diaryl/α,β-unsaturated/α-hetero) is 1. The summed E-state index contributed by atoms with van der Waals surface area (Å²) >= 11 is 0. The molecular weight excluding hydrogens is 292 g/mol. The van der Waals surface area contributed by atoms with Crippen LogP contribution in [0.15, 0.2) is 18.2 Å². The number of carbonyl (C=O) groups is 2. The normalized spacial score (nSPS) is 20.5. The molecule has 1 heterocycles. The van der Waals surface area contributed by atoms with E-state index < -0.39 is 5.92 Å². The first-order chi connectivity index (χ1) is 11.1. The van der Waals surface area contributed by atoms with Gasteiger partial charge >= 0.3 is 0 Å². The smallest absolute Gasteiger partial charge is 0.290 e. The van der Waals surface area contributed by atoms with Crippen molar-refractivity contribution in [3.8, 4) is 5.75 Å². The average molecular weight is 316 g/mol. The maximum Gasteiger partial charge on any atom is 0.290 e. The number of likely N-dealkylation sites (N-methyl/N-ethyl adjacent to an activating group) is 1. The molecule has 1 unspecified atom stereocenters. The molecule has 0 bridgehead atoms. The third-order valence-corrected chi connectivity index (χ3v) is 5.10. The SMILES string of the molecule is COc1ccc2c(c1)NCC2C(=O)C(=O)N(C)C1CCCCC1. The van der Waals surface area contributed by atoms with E-state index in [1.165, 1.54) is 6.42 Å². The van der Waals surface area contributed by atoms with Crippen molar-refractivity contribution in [1.82, 2.24) is 4.90 Å². The van der Waals surface area contributed by atoms with Crippen molar-refractivity contribution >= 4 is 17.4 Å². The Morgan fingerprint density at radius 3 is 2.65 bits per heavy atom. The van der Waals surface area contributed by atoms with Crippen LogP contribution in [0.1, 0.15) is 43.6 Å². The van der Waals surface area contributed by atoms with Gasteiger partial charge in [0, 0.05) is 31.4 Å². The number of ketones is 1. The molecule has 5 nitrogen and oxygen atoms in total. The monoisotopic (exact) mass is 316 g/mol. The molecule has 0 saturated heterocycles. The number of hydrogen-bond acceptors (Lipinski definition) is 4. The van der Waals surface area contributed by atoms with Crippen molar-refractivity contribution < 1.29 is 14.3 Å². The molecule has 0 spiro atoms. The molecule has 1 N–H and O–H groups in total. The van der Waals surface area contributed by atoms with Crippen molar-refractivity contribution in [1.29, 1.82) is 0 Å². The minimum Gasteiger partial charge on any atom is -0.497 e. The molecule has 124 valence electrons. The van der Waals surface area contributed by atoms with E-state index in [-0.39, 0.29) is 17.7 Å². The molecule has 1 saturated carbocycles. The predicted molar refractivity (Wildman–Crippen MR) is 88.9 cm³/mol. The summed E-state index contributed by atoms with van der Waals surface area (Å²) in [5, 5.41) is 3.21. The van der Waals surface area contributed by atoms with Gasteiger partial charge in [0.15, 0.2) is 0 Å². The van der Waals surface area contributed by atoms with Gasteiger partial charge in [0.1, 0.15) is 5.75 Å². The Balaban J connectivity index is 1.73. The van der Waals surface area contributed by atoms with Crippen LogP contribution in [0.2, 0.25) is 0 Å². The van der Waals surface area contributed by atoms with Crippen LogP contribution in [0.5, 0.6) is 5.75 Å². The van der Waals surface area contributed by atoms with E-state index in [0.29, 0.717) is 6.54 Å². The number of hydrogen-bond donors (Lipinski definition) is 1. The van der Waals surface area contributed by atoms with E-state index in [4.69, 9.17) is 4.74 Å². The second kappa shape index (κ2) is 6.60. The van der Waals surface area contributed by atoms with Gasteiger partial charge in [0.05, 0.1) is 13.0 Å². The van der Waals surface area contributed by atoms with E-state index in [0.717, 1.165) is 42.7 Å². The van der Waals surface area contributed by atoms with E-state index in [9.17, 15) is 9.59 Å². The minimum absolute atomic E-state index is 0.213. The maximum atomic E-state index is 12.7. The first-order valence-corrected chi connectivity index (χ1v) is 8.34. The van der Waals surface area contributed by atoms with Gasteiger partial charge < -0.3 is 15.0 Å². The average Bonchev–Trinajstić information content (AvgIpc) is 3.03. The lowest BCUT2D eigenvalue weighted by Gasteiger charge is -2.31. The lowest BCUT2D eigenvalue weighted by atomic mass is 9.92. The Bertz CT molecular complexity index is 608. The van der Waals surface area contributed by atoms with Gasteiger partial charge in [-0.2, -0.15) is 0 Å². The Hall–Kier alpha value is -2.04. The van der Waals surface area contributed by atoms with Gasteiger partial charge in [-0.25, -0.2) is 0 Å². The van der Waals surface area contributed by atoms with Crippen LogP contribution < -0.4 is 10.1 Å². The third-order valence-electron chi connectivity index (χ3n) is 5.10. The van der Waals surface area contributed by atoms with Gasteiger partial charge in [-0.3, -0.25) is 9.59 Å². The van der Waals surface area contributed by atoms with Crippen LogP contribution in [-0.2, 0) is 9.59 Å². The van der Waals surface area contributed by atoms with Crippen LogP contribution >= 0.6 is 0 Å². The highest BCUT2D eigenvalue weighted by molar-refractivity contribution is 6.38. The van der Waals surface area contributed by atoms with Gasteiger partial charge in [-0.05, 0) is 24.5 Å². The molecule has 23 heavy (non-hydrogen) atoms. The lowest BCUT2D eigenvalue weighted by molar-refractivity contribution is -0.146. The van der Waals surface area contributed by atoms with Crippen LogP contribution in [-0.4, -0.2) is 43.3 Å². The van der Waals surface area contributed by atoms with Crippen LogP contribution in [0.3, 0.4) is 0 Å². The number of rotatable bonds is 4. The maximum absolute atomic E-state index is 12.7. The fraction of sp³-hybridized carbons (Fsp3) is 0.556. The fourth-order valence-corrected chi connectivity index (χ4v) is 3.63. The number of ether oxygens (including phenoxy) is 1. The highest BCUT2D eigenvalue weighted by atomic mass is 16.5. The Morgan fingerprint density at radius 1 is 1.22 bits per heavy atom. The minimum atomic E-state index is -0.394. The summed E-state index contributed by atoms with van der Waals surface area (Å²) in [5.41, 5.74) is 1.78. The third kappa shape index (κ3) is 3.05. The number of benzene rings is 1. The largest absolute Gasteiger partial charge is 0.497 e. The quantitative estimate of drug-likeness (QED) is 0.867. The van der Waals surface area contributed by atoms with E-state index >= 15 is 0 Å². The molecule has 0 radical (unpaired) electrons. The zero-order chi connectivity index (χ0) is 16.4. The molecule has 1 aliphatic carbocycles. The number of methoxy groups -OCH3 is 1. The molecule has 0 aromatic heterocycles. The first kappa shape index (κ1) is 15.8. The highest BCUT2D eigenvalue weighted by Crippen LogP contribution is 2.35. The molecule has 1 fully saturated rings. The molecule has 1 amide bonds. The van der Waals surface area contributed by atoms with E-state index in [1.807, 2.05) is 18.2 Å². The number of anilines is 1. The summed E-state index contributed by atoms with van der Waals surface area (Å²) in [6, 6.07) is 5.80. The molecule has 2 aliphatic rings. The molecule has 1 aromatic carbocycles. The van der Waals surface area contributed by atoms with Crippen LogP contribution in [0, 0.1) is 0 Å². The Kier molecular flexibility index (Phi) is 4.55. The predicted octanol–water partition coefficient (Wildman–Crippen LogP) is 2.56. The molecule has 1 aromatic rings. The number of amides is 1. The molecule has 5 heteroatoms. The van der Waals surface area contributed by atoms with Crippen LogP contribution in [0.25, 0.3) is 0 Å².